The monoisotopic (exact) mass is 571 g/mol. The number of nitrogens with one attached hydrogen (secondary N) is 3. The number of hydrogen-bond acceptors (Lipinski definition) is 8. The number of phenolic OH excluding ortho intramolecular Hbond substituents is 1. The van der Waals surface area contributed by atoms with Crippen molar-refractivity contribution in [2.24, 2.45) is 11.5 Å². The van der Waals surface area contributed by atoms with Crippen LogP contribution in [0.4, 0.5) is 0 Å². The number of carbonyl (C=O) groups excluding carboxylic acids is 3. The molecule has 0 spiro atoms. The van der Waals surface area contributed by atoms with Gasteiger partial charge in [-0.2, -0.15) is 0 Å². The first-order chi connectivity index (χ1) is 19.5. The van der Waals surface area contributed by atoms with E-state index in [2.05, 4.69) is 16.0 Å². The Labute approximate surface area is 237 Å². The number of nitrogens with two attached hydrogens (primary N) is 2. The van der Waals surface area contributed by atoms with Gasteiger partial charge in [-0.05, 0) is 55.5 Å². The molecule has 0 aliphatic carbocycles. The van der Waals surface area contributed by atoms with Gasteiger partial charge in [0.1, 0.15) is 23.9 Å². The average molecular weight is 572 g/mol. The molecule has 0 heterocycles. The summed E-state index contributed by atoms with van der Waals surface area (Å²) in [5.41, 5.74) is 12.7. The Morgan fingerprint density at radius 1 is 0.707 bits per heavy atom. The highest BCUT2D eigenvalue weighted by molar-refractivity contribution is 5.95. The van der Waals surface area contributed by atoms with Crippen LogP contribution in [0.3, 0.4) is 0 Å². The second kappa shape index (κ2) is 16.6. The first kappa shape index (κ1) is 32.7. The Morgan fingerprint density at radius 2 is 1.27 bits per heavy atom. The van der Waals surface area contributed by atoms with Gasteiger partial charge in [-0.15, -0.1) is 0 Å². The summed E-state index contributed by atoms with van der Waals surface area (Å²) in [7, 11) is 0. The Balaban J connectivity index is 2.19. The lowest BCUT2D eigenvalue weighted by Crippen LogP contribution is -2.58. The Hall–Kier alpha value is -4.49. The molecule has 0 bridgehead atoms. The minimum Gasteiger partial charge on any atom is -0.508 e. The summed E-state index contributed by atoms with van der Waals surface area (Å²) in [5, 5.41) is 35.6. The van der Waals surface area contributed by atoms with Crippen LogP contribution in [0.25, 0.3) is 0 Å². The second-order valence-corrected chi connectivity index (χ2v) is 9.57. The van der Waals surface area contributed by atoms with Gasteiger partial charge in [0.15, 0.2) is 0 Å². The van der Waals surface area contributed by atoms with Crippen molar-refractivity contribution in [3.8, 4) is 5.75 Å². The van der Waals surface area contributed by atoms with Crippen molar-refractivity contribution in [1.82, 2.24) is 16.0 Å². The predicted molar refractivity (Wildman–Crippen MR) is 149 cm³/mol. The van der Waals surface area contributed by atoms with Gasteiger partial charge >= 0.3 is 11.9 Å². The summed E-state index contributed by atoms with van der Waals surface area (Å²) in [4.78, 5) is 62.4. The lowest BCUT2D eigenvalue weighted by atomic mass is 10.0. The predicted octanol–water partition coefficient (Wildman–Crippen LogP) is -0.353. The molecule has 0 saturated carbocycles. The molecule has 4 unspecified atom stereocenters. The van der Waals surface area contributed by atoms with Crippen molar-refractivity contribution in [3.63, 3.8) is 0 Å². The fraction of sp³-hybridized carbons (Fsp3) is 0.393. The Bertz CT molecular complexity index is 1180. The van der Waals surface area contributed by atoms with Crippen LogP contribution in [-0.4, -0.2) is 75.7 Å². The quantitative estimate of drug-likeness (QED) is 0.115. The van der Waals surface area contributed by atoms with Crippen LogP contribution in [-0.2, 0) is 36.8 Å². The van der Waals surface area contributed by atoms with Crippen molar-refractivity contribution >= 4 is 29.7 Å². The fourth-order valence-electron chi connectivity index (χ4n) is 4.00. The molecule has 0 radical (unpaired) electrons. The number of phenols is 1. The maximum absolute atomic E-state index is 13.2. The topological polar surface area (TPSA) is 234 Å². The standard InChI is InChI=1S/C28H37N5O8/c29-13-5-4-8-21(28(40)41)31-26(38)22(15-17-6-2-1-3-7-17)33-27(39)23(16-24(35)36)32-25(37)20(30)14-18-9-11-19(34)12-10-18/h1-3,6-7,9-12,20-23,34H,4-5,8,13-16,29-30H2,(H,31,38)(H,32,37)(H,33,39)(H,35,36)(H,40,41). The van der Waals surface area contributed by atoms with Crippen LogP contribution in [0.1, 0.15) is 36.8 Å². The van der Waals surface area contributed by atoms with Gasteiger partial charge in [-0.3, -0.25) is 19.2 Å². The normalized spacial score (nSPS) is 13.7. The number of carbonyl (C=O) groups is 5. The Morgan fingerprint density at radius 3 is 1.85 bits per heavy atom. The number of aliphatic carboxylic acids is 2. The molecule has 2 aromatic carbocycles. The van der Waals surface area contributed by atoms with Crippen molar-refractivity contribution in [2.45, 2.75) is 62.7 Å². The second-order valence-electron chi connectivity index (χ2n) is 9.57. The molecule has 2 rings (SSSR count). The van der Waals surface area contributed by atoms with Crippen molar-refractivity contribution in [1.29, 1.82) is 0 Å². The third-order valence-corrected chi connectivity index (χ3v) is 6.22. The molecule has 13 nitrogen and oxygen atoms in total. The summed E-state index contributed by atoms with van der Waals surface area (Å²) >= 11 is 0. The molecule has 3 amide bonds. The molecule has 222 valence electrons. The van der Waals surface area contributed by atoms with Crippen LogP contribution < -0.4 is 27.4 Å². The van der Waals surface area contributed by atoms with Crippen LogP contribution in [0.5, 0.6) is 5.75 Å². The minimum absolute atomic E-state index is 0.0261. The highest BCUT2D eigenvalue weighted by atomic mass is 16.4. The van der Waals surface area contributed by atoms with Gasteiger partial charge in [-0.25, -0.2) is 4.79 Å². The summed E-state index contributed by atoms with van der Waals surface area (Å²) in [6.45, 7) is 0.363. The van der Waals surface area contributed by atoms with Gasteiger partial charge in [-0.1, -0.05) is 42.5 Å². The van der Waals surface area contributed by atoms with E-state index in [0.717, 1.165) is 0 Å². The van der Waals surface area contributed by atoms with Gasteiger partial charge < -0.3 is 42.7 Å². The maximum Gasteiger partial charge on any atom is 0.326 e. The number of carboxylic acids is 2. The van der Waals surface area contributed by atoms with Gasteiger partial charge in [0.2, 0.25) is 17.7 Å². The zero-order valence-electron chi connectivity index (χ0n) is 22.5. The molecule has 0 aliphatic rings. The van der Waals surface area contributed by atoms with Crippen LogP contribution in [0.15, 0.2) is 54.6 Å². The van der Waals surface area contributed by atoms with E-state index in [1.807, 2.05) is 0 Å². The van der Waals surface area contributed by atoms with Gasteiger partial charge in [0.25, 0.3) is 0 Å². The summed E-state index contributed by atoms with van der Waals surface area (Å²) in [6.07, 6.45) is 0.381. The van der Waals surface area contributed by atoms with E-state index in [9.17, 15) is 39.3 Å². The number of unbranched alkanes of at least 4 members (excludes halogenated alkanes) is 1. The molecule has 4 atom stereocenters. The number of aromatic hydroxyl groups is 1. The maximum atomic E-state index is 13.2. The number of carboxylic acid groups (broad SMARTS) is 2. The lowest BCUT2D eigenvalue weighted by Gasteiger charge is -2.25. The molecule has 13 heteroatoms. The highest BCUT2D eigenvalue weighted by Crippen LogP contribution is 2.11. The van der Waals surface area contributed by atoms with E-state index in [1.165, 1.54) is 12.1 Å². The summed E-state index contributed by atoms with van der Waals surface area (Å²) in [6, 6.07) is 9.39. The summed E-state index contributed by atoms with van der Waals surface area (Å²) in [5.74, 6) is -5.14. The first-order valence-corrected chi connectivity index (χ1v) is 13.1. The molecule has 10 N–H and O–H groups in total. The zero-order valence-corrected chi connectivity index (χ0v) is 22.5. The number of amides is 3. The van der Waals surface area contributed by atoms with Gasteiger partial charge in [0, 0.05) is 6.42 Å². The molecular weight excluding hydrogens is 534 g/mol. The first-order valence-electron chi connectivity index (χ1n) is 13.1. The SMILES string of the molecule is NCCCCC(NC(=O)C(Cc1ccccc1)NC(=O)C(CC(=O)O)NC(=O)C(N)Cc1ccc(O)cc1)C(=O)O. The lowest BCUT2D eigenvalue weighted by molar-refractivity contribution is -0.143. The Kier molecular flexibility index (Phi) is 13.2. The molecule has 2 aromatic rings. The van der Waals surface area contributed by atoms with Gasteiger partial charge in [0.05, 0.1) is 12.5 Å². The van der Waals surface area contributed by atoms with E-state index < -0.39 is 60.2 Å². The minimum atomic E-state index is -1.57. The smallest absolute Gasteiger partial charge is 0.326 e. The van der Waals surface area contributed by atoms with Crippen molar-refractivity contribution in [3.05, 3.63) is 65.7 Å². The molecule has 41 heavy (non-hydrogen) atoms. The molecule has 0 saturated heterocycles. The molecule has 0 fully saturated rings. The van der Waals surface area contributed by atoms with E-state index in [4.69, 9.17) is 11.5 Å². The molecular formula is C28H37N5O8. The largest absolute Gasteiger partial charge is 0.508 e. The van der Waals surface area contributed by atoms with Crippen molar-refractivity contribution < 1.29 is 39.3 Å². The van der Waals surface area contributed by atoms with Crippen LogP contribution >= 0.6 is 0 Å². The van der Waals surface area contributed by atoms with Crippen LogP contribution in [0, 0.1) is 0 Å². The van der Waals surface area contributed by atoms with E-state index in [1.54, 1.807) is 42.5 Å². The summed E-state index contributed by atoms with van der Waals surface area (Å²) < 4.78 is 0. The highest BCUT2D eigenvalue weighted by Gasteiger charge is 2.31. The van der Waals surface area contributed by atoms with Crippen LogP contribution in [0.2, 0.25) is 0 Å². The average Bonchev–Trinajstić information content (AvgIpc) is 2.93. The number of benzene rings is 2. The number of rotatable bonds is 17. The van der Waals surface area contributed by atoms with E-state index in [-0.39, 0.29) is 25.0 Å². The zero-order chi connectivity index (χ0) is 30.4. The number of hydrogen-bond donors (Lipinski definition) is 8. The van der Waals surface area contributed by atoms with E-state index in [0.29, 0.717) is 30.5 Å². The third-order valence-electron chi connectivity index (χ3n) is 6.22. The van der Waals surface area contributed by atoms with Crippen molar-refractivity contribution in [2.75, 3.05) is 6.54 Å². The molecule has 0 aliphatic heterocycles. The fourth-order valence-corrected chi connectivity index (χ4v) is 4.00. The molecule has 0 aromatic heterocycles. The third kappa shape index (κ3) is 11.6. The van der Waals surface area contributed by atoms with E-state index >= 15 is 0 Å².